The molecular formula is C20H27N4O3+. The van der Waals surface area contributed by atoms with Crippen LogP contribution in [0.15, 0.2) is 39.9 Å². The van der Waals surface area contributed by atoms with Gasteiger partial charge in [0.05, 0.1) is 19.6 Å². The van der Waals surface area contributed by atoms with Gasteiger partial charge in [-0.25, -0.2) is 4.79 Å². The standard InChI is InChI=1S/C20H26N4O3/c1-14-8-10-23(11-9-14)13-16(25)17-18(21)24(20(27)22(2)19(17)26)12-15-6-4-3-5-7-15/h3-7,14H,8-13,21H2,1-2H3/p+1. The summed E-state index contributed by atoms with van der Waals surface area (Å²) < 4.78 is 2.28. The lowest BCUT2D eigenvalue weighted by Gasteiger charge is -2.26. The van der Waals surface area contributed by atoms with Crippen LogP contribution in [0.25, 0.3) is 0 Å². The molecule has 7 nitrogen and oxygen atoms in total. The maximum atomic E-state index is 12.9. The van der Waals surface area contributed by atoms with E-state index in [0.717, 1.165) is 36.1 Å². The second kappa shape index (κ2) is 7.92. The number of rotatable bonds is 5. The molecule has 0 aliphatic carbocycles. The third kappa shape index (κ3) is 4.03. The lowest BCUT2D eigenvalue weighted by atomic mass is 9.99. The van der Waals surface area contributed by atoms with Gasteiger partial charge in [-0.15, -0.1) is 0 Å². The van der Waals surface area contributed by atoms with Gasteiger partial charge in [0.25, 0.3) is 5.56 Å². The van der Waals surface area contributed by atoms with Crippen LogP contribution >= 0.6 is 0 Å². The highest BCUT2D eigenvalue weighted by molar-refractivity contribution is 6.00. The van der Waals surface area contributed by atoms with Gasteiger partial charge in [-0.3, -0.25) is 18.7 Å². The van der Waals surface area contributed by atoms with Crippen molar-refractivity contribution >= 4 is 11.6 Å². The Morgan fingerprint density at radius 2 is 1.81 bits per heavy atom. The fourth-order valence-electron chi connectivity index (χ4n) is 3.63. The molecule has 2 heterocycles. The number of Topliss-reactive ketones (excluding diaryl/α,β-unsaturated/α-hetero) is 1. The van der Waals surface area contributed by atoms with E-state index in [1.807, 2.05) is 30.3 Å². The van der Waals surface area contributed by atoms with Crippen LogP contribution in [0, 0.1) is 5.92 Å². The first-order chi connectivity index (χ1) is 12.9. The average Bonchev–Trinajstić information content (AvgIpc) is 2.66. The van der Waals surface area contributed by atoms with Gasteiger partial charge >= 0.3 is 5.69 Å². The number of hydrogen-bond acceptors (Lipinski definition) is 4. The van der Waals surface area contributed by atoms with Crippen LogP contribution in [0.4, 0.5) is 5.82 Å². The van der Waals surface area contributed by atoms with E-state index < -0.39 is 11.2 Å². The van der Waals surface area contributed by atoms with Gasteiger partial charge in [-0.05, 0) is 24.3 Å². The molecule has 3 N–H and O–H groups in total. The number of nitrogens with one attached hydrogen (secondary N) is 1. The Bertz CT molecular complexity index is 938. The van der Waals surface area contributed by atoms with Gasteiger partial charge in [-0.1, -0.05) is 37.3 Å². The number of piperidine rings is 1. The fourth-order valence-corrected chi connectivity index (χ4v) is 3.63. The number of likely N-dealkylation sites (tertiary alicyclic amines) is 1. The first kappa shape index (κ1) is 19.1. The number of nitrogens with two attached hydrogens (primary N) is 1. The van der Waals surface area contributed by atoms with E-state index in [1.165, 1.54) is 16.5 Å². The number of aromatic nitrogens is 2. The Kier molecular flexibility index (Phi) is 5.60. The van der Waals surface area contributed by atoms with Crippen molar-refractivity contribution in [3.63, 3.8) is 0 Å². The van der Waals surface area contributed by atoms with Crippen LogP contribution in [0.1, 0.15) is 35.7 Å². The largest absolute Gasteiger partial charge is 0.384 e. The third-order valence-corrected chi connectivity index (χ3v) is 5.44. The first-order valence-corrected chi connectivity index (χ1v) is 9.38. The molecule has 1 aromatic carbocycles. The number of nitrogen functional groups attached to an aromatic ring is 1. The van der Waals surface area contributed by atoms with E-state index in [2.05, 4.69) is 6.92 Å². The number of hydrogen-bond donors (Lipinski definition) is 2. The van der Waals surface area contributed by atoms with Crippen LogP contribution in [0.2, 0.25) is 0 Å². The first-order valence-electron chi connectivity index (χ1n) is 9.38. The molecule has 0 spiro atoms. The van der Waals surface area contributed by atoms with Crippen molar-refractivity contribution in [2.24, 2.45) is 13.0 Å². The number of anilines is 1. The van der Waals surface area contributed by atoms with Gasteiger partial charge in [0.15, 0.2) is 0 Å². The Labute approximate surface area is 158 Å². The predicted octanol–water partition coefficient (Wildman–Crippen LogP) is -0.325. The summed E-state index contributed by atoms with van der Waals surface area (Å²) >= 11 is 0. The quantitative estimate of drug-likeness (QED) is 0.705. The van der Waals surface area contributed by atoms with Crippen LogP contribution in [-0.4, -0.2) is 34.6 Å². The summed E-state index contributed by atoms with van der Waals surface area (Å²) in [7, 11) is 1.39. The van der Waals surface area contributed by atoms with Crippen molar-refractivity contribution in [3.8, 4) is 0 Å². The molecule has 3 rings (SSSR count). The van der Waals surface area contributed by atoms with Crippen molar-refractivity contribution in [2.75, 3.05) is 25.4 Å². The highest BCUT2D eigenvalue weighted by atomic mass is 16.2. The lowest BCUT2D eigenvalue weighted by Crippen LogP contribution is -3.13. The van der Waals surface area contributed by atoms with Crippen molar-refractivity contribution in [1.29, 1.82) is 0 Å². The molecule has 1 aliphatic rings. The Morgan fingerprint density at radius 1 is 1.19 bits per heavy atom. The molecule has 144 valence electrons. The Balaban J connectivity index is 1.94. The predicted molar refractivity (Wildman–Crippen MR) is 104 cm³/mol. The maximum absolute atomic E-state index is 12.9. The van der Waals surface area contributed by atoms with Crippen molar-refractivity contribution in [2.45, 2.75) is 26.3 Å². The number of carbonyl (C=O) groups excluding carboxylic acids is 1. The molecule has 0 saturated carbocycles. The minimum Gasteiger partial charge on any atom is -0.384 e. The Hall–Kier alpha value is -2.67. The zero-order valence-corrected chi connectivity index (χ0v) is 15.9. The third-order valence-electron chi connectivity index (χ3n) is 5.44. The Morgan fingerprint density at radius 3 is 2.44 bits per heavy atom. The molecule has 1 fully saturated rings. The molecule has 27 heavy (non-hydrogen) atoms. The van der Waals surface area contributed by atoms with Gasteiger partial charge in [0, 0.05) is 7.05 Å². The van der Waals surface area contributed by atoms with E-state index in [1.54, 1.807) is 0 Å². The van der Waals surface area contributed by atoms with Gasteiger partial charge < -0.3 is 10.6 Å². The van der Waals surface area contributed by atoms with Gasteiger partial charge in [-0.2, -0.15) is 0 Å². The highest BCUT2D eigenvalue weighted by Crippen LogP contribution is 2.10. The van der Waals surface area contributed by atoms with Crippen molar-refractivity contribution in [3.05, 3.63) is 62.3 Å². The van der Waals surface area contributed by atoms with E-state index in [4.69, 9.17) is 5.73 Å². The van der Waals surface area contributed by atoms with Crippen LogP contribution in [0.5, 0.6) is 0 Å². The summed E-state index contributed by atoms with van der Waals surface area (Å²) in [6.07, 6.45) is 2.15. The van der Waals surface area contributed by atoms with Gasteiger partial charge in [0.2, 0.25) is 5.78 Å². The van der Waals surface area contributed by atoms with Crippen LogP contribution in [0.3, 0.4) is 0 Å². The second-order valence-corrected chi connectivity index (χ2v) is 7.51. The molecule has 0 radical (unpaired) electrons. The summed E-state index contributed by atoms with van der Waals surface area (Å²) in [6.45, 7) is 4.49. The summed E-state index contributed by atoms with van der Waals surface area (Å²) in [5, 5.41) is 0. The summed E-state index contributed by atoms with van der Waals surface area (Å²) in [4.78, 5) is 39.2. The van der Waals surface area contributed by atoms with Gasteiger partial charge in [0.1, 0.15) is 17.9 Å². The second-order valence-electron chi connectivity index (χ2n) is 7.51. The SMILES string of the molecule is CC1CC[NH+](CC(=O)c2c(N)n(Cc3ccccc3)c(=O)n(C)c2=O)CC1. The molecule has 1 aromatic heterocycles. The minimum absolute atomic E-state index is 0.0401. The molecular weight excluding hydrogens is 344 g/mol. The normalized spacial score (nSPS) is 19.8. The molecule has 7 heteroatoms. The number of quaternary nitrogens is 1. The number of nitrogens with zero attached hydrogens (tertiary/aromatic N) is 2. The smallest absolute Gasteiger partial charge is 0.332 e. The molecule has 0 amide bonds. The topological polar surface area (TPSA) is 91.5 Å². The molecule has 0 bridgehead atoms. The maximum Gasteiger partial charge on any atom is 0.332 e. The van der Waals surface area contributed by atoms with E-state index in [-0.39, 0.29) is 30.3 Å². The zero-order chi connectivity index (χ0) is 19.6. The van der Waals surface area contributed by atoms with E-state index in [9.17, 15) is 14.4 Å². The van der Waals surface area contributed by atoms with E-state index >= 15 is 0 Å². The summed E-state index contributed by atoms with van der Waals surface area (Å²) in [5.74, 6) is 0.343. The van der Waals surface area contributed by atoms with E-state index in [0.29, 0.717) is 5.92 Å². The lowest BCUT2D eigenvalue weighted by molar-refractivity contribution is -0.897. The van der Waals surface area contributed by atoms with Crippen LogP contribution in [-0.2, 0) is 13.6 Å². The molecule has 2 aromatic rings. The number of benzene rings is 1. The fraction of sp³-hybridized carbons (Fsp3) is 0.450. The molecule has 0 unspecified atom stereocenters. The van der Waals surface area contributed by atoms with Crippen LogP contribution < -0.4 is 21.9 Å². The molecule has 1 saturated heterocycles. The monoisotopic (exact) mass is 371 g/mol. The molecule has 0 atom stereocenters. The zero-order valence-electron chi connectivity index (χ0n) is 15.9. The number of ketones is 1. The highest BCUT2D eigenvalue weighted by Gasteiger charge is 2.27. The summed E-state index contributed by atoms with van der Waals surface area (Å²) in [6, 6.07) is 9.36. The van der Waals surface area contributed by atoms with Crippen molar-refractivity contribution < 1.29 is 9.69 Å². The average molecular weight is 371 g/mol. The number of carbonyl (C=O) groups is 1. The van der Waals surface area contributed by atoms with Crippen molar-refractivity contribution in [1.82, 2.24) is 9.13 Å². The summed E-state index contributed by atoms with van der Waals surface area (Å²) in [5.41, 5.74) is 5.82. The minimum atomic E-state index is -0.614. The molecule has 1 aliphatic heterocycles.